The van der Waals surface area contributed by atoms with Crippen LogP contribution in [0, 0.1) is 13.8 Å². The van der Waals surface area contributed by atoms with E-state index in [0.717, 1.165) is 11.1 Å². The fraction of sp³-hybridized carbons (Fsp3) is 0.188. The fourth-order valence-electron chi connectivity index (χ4n) is 2.20. The van der Waals surface area contributed by atoms with Crippen molar-refractivity contribution in [1.29, 1.82) is 0 Å². The lowest BCUT2D eigenvalue weighted by molar-refractivity contribution is 0.103. The number of ketones is 1. The van der Waals surface area contributed by atoms with Crippen LogP contribution in [-0.4, -0.2) is 11.0 Å². The fourth-order valence-corrected chi connectivity index (χ4v) is 3.86. The Morgan fingerprint density at radius 1 is 1.10 bits per heavy atom. The van der Waals surface area contributed by atoms with Crippen LogP contribution in [0.25, 0.3) is 0 Å². The second kappa shape index (κ2) is 7.06. The highest BCUT2D eigenvalue weighted by atomic mass is 35.5. The molecule has 0 aliphatic carbocycles. The van der Waals surface area contributed by atoms with Crippen molar-refractivity contribution in [1.82, 2.24) is 0 Å². The molecule has 0 aromatic heterocycles. The molecule has 110 valence electrons. The summed E-state index contributed by atoms with van der Waals surface area (Å²) in [5.41, 5.74) is 2.99. The van der Waals surface area contributed by atoms with E-state index in [4.69, 9.17) is 34.8 Å². The maximum atomic E-state index is 12.8. The Balaban J connectivity index is 2.57. The SMILES string of the molecule is Cc1cccc(C)c1C(=O)c1ccc(Cl)c(SCCl)c1Cl. The summed E-state index contributed by atoms with van der Waals surface area (Å²) in [7, 11) is 0. The normalized spacial score (nSPS) is 10.7. The molecule has 0 atom stereocenters. The molecule has 2 rings (SSSR count). The van der Waals surface area contributed by atoms with E-state index in [2.05, 4.69) is 0 Å². The van der Waals surface area contributed by atoms with Gasteiger partial charge in [0.25, 0.3) is 0 Å². The van der Waals surface area contributed by atoms with Gasteiger partial charge in [0.05, 0.1) is 15.3 Å². The van der Waals surface area contributed by atoms with Crippen LogP contribution in [-0.2, 0) is 0 Å². The van der Waals surface area contributed by atoms with Gasteiger partial charge in [-0.25, -0.2) is 0 Å². The maximum Gasteiger partial charge on any atom is 0.195 e. The standard InChI is InChI=1S/C16H13Cl3OS/c1-9-4-3-5-10(2)13(9)15(20)11-6-7-12(18)16(14(11)19)21-8-17/h3-7H,8H2,1-2H3. The van der Waals surface area contributed by atoms with E-state index < -0.39 is 0 Å². The van der Waals surface area contributed by atoms with Gasteiger partial charge in [0.15, 0.2) is 5.78 Å². The summed E-state index contributed by atoms with van der Waals surface area (Å²) in [6.45, 7) is 3.83. The van der Waals surface area contributed by atoms with Gasteiger partial charge in [0.1, 0.15) is 0 Å². The quantitative estimate of drug-likeness (QED) is 0.371. The maximum absolute atomic E-state index is 12.8. The van der Waals surface area contributed by atoms with Gasteiger partial charge in [-0.05, 0) is 37.1 Å². The topological polar surface area (TPSA) is 17.1 Å². The molecule has 0 amide bonds. The molecule has 0 radical (unpaired) electrons. The molecule has 0 N–H and O–H groups in total. The number of halogens is 3. The van der Waals surface area contributed by atoms with E-state index in [9.17, 15) is 4.79 Å². The minimum Gasteiger partial charge on any atom is -0.289 e. The lowest BCUT2D eigenvalue weighted by Gasteiger charge is -2.12. The third-order valence-electron chi connectivity index (χ3n) is 3.20. The van der Waals surface area contributed by atoms with E-state index in [1.165, 1.54) is 11.8 Å². The summed E-state index contributed by atoms with van der Waals surface area (Å²) in [5, 5.41) is 1.19. The number of benzene rings is 2. The summed E-state index contributed by atoms with van der Waals surface area (Å²) in [4.78, 5) is 13.5. The van der Waals surface area contributed by atoms with Gasteiger partial charge in [0, 0.05) is 16.0 Å². The van der Waals surface area contributed by atoms with Gasteiger partial charge in [-0.2, -0.15) is 0 Å². The van der Waals surface area contributed by atoms with E-state index in [0.29, 0.717) is 31.3 Å². The Morgan fingerprint density at radius 3 is 2.29 bits per heavy atom. The predicted molar refractivity (Wildman–Crippen MR) is 92.4 cm³/mol. The minimum atomic E-state index is -0.0938. The van der Waals surface area contributed by atoms with Crippen molar-refractivity contribution in [2.45, 2.75) is 18.7 Å². The van der Waals surface area contributed by atoms with E-state index in [1.807, 2.05) is 32.0 Å². The average Bonchev–Trinajstić information content (AvgIpc) is 2.43. The second-order valence-corrected chi connectivity index (χ2v) is 6.94. The highest BCUT2D eigenvalue weighted by Gasteiger charge is 2.20. The monoisotopic (exact) mass is 358 g/mol. The minimum absolute atomic E-state index is 0.0938. The molecule has 1 nitrogen and oxygen atoms in total. The van der Waals surface area contributed by atoms with Gasteiger partial charge in [-0.15, -0.1) is 23.4 Å². The van der Waals surface area contributed by atoms with E-state index in [-0.39, 0.29) is 5.78 Å². The second-order valence-electron chi connectivity index (χ2n) is 4.59. The molecule has 21 heavy (non-hydrogen) atoms. The van der Waals surface area contributed by atoms with Crippen LogP contribution in [0.5, 0.6) is 0 Å². The predicted octanol–water partition coefficient (Wildman–Crippen LogP) is 6.13. The Bertz CT molecular complexity index is 678. The number of hydrogen-bond donors (Lipinski definition) is 0. The molecule has 5 heteroatoms. The summed E-state index contributed by atoms with van der Waals surface area (Å²) in [6.07, 6.45) is 0. The third-order valence-corrected chi connectivity index (χ3v) is 5.28. The van der Waals surface area contributed by atoms with Crippen LogP contribution in [0.3, 0.4) is 0 Å². The van der Waals surface area contributed by atoms with Crippen LogP contribution in [0.1, 0.15) is 27.0 Å². The molecule has 0 aliphatic rings. The van der Waals surface area contributed by atoms with Crippen LogP contribution < -0.4 is 0 Å². The molecular weight excluding hydrogens is 347 g/mol. The van der Waals surface area contributed by atoms with Gasteiger partial charge in [0.2, 0.25) is 0 Å². The zero-order valence-corrected chi connectivity index (χ0v) is 14.6. The third kappa shape index (κ3) is 3.40. The Morgan fingerprint density at radius 2 is 1.71 bits per heavy atom. The summed E-state index contributed by atoms with van der Waals surface area (Å²) < 4.78 is 0. The highest BCUT2D eigenvalue weighted by Crippen LogP contribution is 2.38. The highest BCUT2D eigenvalue weighted by molar-refractivity contribution is 8.00. The Labute approximate surface area is 143 Å². The molecule has 0 fully saturated rings. The van der Waals surface area contributed by atoms with Crippen molar-refractivity contribution in [2.24, 2.45) is 0 Å². The van der Waals surface area contributed by atoms with Crippen molar-refractivity contribution in [3.8, 4) is 0 Å². The average molecular weight is 360 g/mol. The van der Waals surface area contributed by atoms with Crippen molar-refractivity contribution in [3.63, 3.8) is 0 Å². The number of thioether (sulfide) groups is 1. The van der Waals surface area contributed by atoms with E-state index in [1.54, 1.807) is 12.1 Å². The van der Waals surface area contributed by atoms with Gasteiger partial charge < -0.3 is 0 Å². The molecule has 0 unspecified atom stereocenters. The Kier molecular flexibility index (Phi) is 5.61. The molecule has 0 aliphatic heterocycles. The first-order valence-corrected chi connectivity index (χ1v) is 8.52. The summed E-state index contributed by atoms with van der Waals surface area (Å²) >= 11 is 19.5. The number of rotatable bonds is 4. The molecule has 0 saturated heterocycles. The first kappa shape index (κ1) is 16.7. The van der Waals surface area contributed by atoms with Crippen LogP contribution in [0.2, 0.25) is 10.0 Å². The summed E-state index contributed by atoms with van der Waals surface area (Å²) in [6, 6.07) is 9.11. The zero-order chi connectivity index (χ0) is 15.6. The molecule has 0 bridgehead atoms. The number of alkyl halides is 1. The molecule has 0 heterocycles. The molecular formula is C16H13Cl3OS. The van der Waals surface area contributed by atoms with Crippen LogP contribution in [0.4, 0.5) is 0 Å². The molecule has 0 saturated carbocycles. The number of hydrogen-bond acceptors (Lipinski definition) is 2. The number of carbonyl (C=O) groups is 1. The van der Waals surface area contributed by atoms with Crippen LogP contribution >= 0.6 is 46.6 Å². The Hall–Kier alpha value is -0.670. The van der Waals surface area contributed by atoms with Gasteiger partial charge in [-0.3, -0.25) is 4.79 Å². The number of carbonyl (C=O) groups excluding carboxylic acids is 1. The first-order valence-electron chi connectivity index (χ1n) is 6.25. The van der Waals surface area contributed by atoms with E-state index >= 15 is 0 Å². The van der Waals surface area contributed by atoms with Gasteiger partial charge in [-0.1, -0.05) is 41.4 Å². The van der Waals surface area contributed by atoms with Crippen molar-refractivity contribution < 1.29 is 4.79 Å². The largest absolute Gasteiger partial charge is 0.289 e. The molecule has 0 spiro atoms. The lowest BCUT2D eigenvalue weighted by atomic mass is 9.95. The molecule has 2 aromatic carbocycles. The van der Waals surface area contributed by atoms with Crippen LogP contribution in [0.15, 0.2) is 35.2 Å². The van der Waals surface area contributed by atoms with Crippen molar-refractivity contribution >= 4 is 52.3 Å². The lowest BCUT2D eigenvalue weighted by Crippen LogP contribution is -2.07. The zero-order valence-electron chi connectivity index (χ0n) is 11.5. The number of aryl methyl sites for hydroxylation is 2. The van der Waals surface area contributed by atoms with Gasteiger partial charge >= 0.3 is 0 Å². The first-order chi connectivity index (χ1) is 9.97. The summed E-state index contributed by atoms with van der Waals surface area (Å²) in [5.74, 6) is -0.0938. The smallest absolute Gasteiger partial charge is 0.195 e. The van der Waals surface area contributed by atoms with Crippen molar-refractivity contribution in [2.75, 3.05) is 5.21 Å². The van der Waals surface area contributed by atoms with Crippen molar-refractivity contribution in [3.05, 3.63) is 62.6 Å². The molecule has 2 aromatic rings.